The first-order valence-corrected chi connectivity index (χ1v) is 13.3. The van der Waals surface area contributed by atoms with E-state index < -0.39 is 10.0 Å². The summed E-state index contributed by atoms with van der Waals surface area (Å²) in [7, 11) is -3.65. The van der Waals surface area contributed by atoms with Crippen LogP contribution < -0.4 is 9.46 Å². The topological polar surface area (TPSA) is 88.6 Å². The zero-order chi connectivity index (χ0) is 23.5. The summed E-state index contributed by atoms with van der Waals surface area (Å²) in [5, 5.41) is 0.808. The first-order valence-electron chi connectivity index (χ1n) is 11.9. The lowest BCUT2D eigenvalue weighted by Gasteiger charge is -2.17. The van der Waals surface area contributed by atoms with Crippen LogP contribution in [0.15, 0.2) is 65.7 Å². The molecule has 0 bridgehead atoms. The van der Waals surface area contributed by atoms with Crippen molar-refractivity contribution in [3.63, 3.8) is 0 Å². The summed E-state index contributed by atoms with van der Waals surface area (Å²) < 4.78 is 34.7. The van der Waals surface area contributed by atoms with E-state index in [1.54, 1.807) is 24.4 Å². The lowest BCUT2D eigenvalue weighted by atomic mass is 10.1. The maximum absolute atomic E-state index is 13.0. The molecule has 5 rings (SSSR count). The molecule has 1 aromatic heterocycles. The standard InChI is InChI=1S/C26H29N3O4S/c30-26(20-7-8-20)21-9-11-23(12-10-21)33-17-3-15-29-16-13-22(18-29)28-34(31,32)24-6-1-4-19-5-2-14-27-25(19)24/h1-2,4-6,9-12,14,20,22,28H,3,7-8,13,15-18H2/t22-/m1/s1. The average Bonchev–Trinajstić information content (AvgIpc) is 3.61. The van der Waals surface area contributed by atoms with Crippen molar-refractivity contribution in [3.8, 4) is 5.75 Å². The van der Waals surface area contributed by atoms with Crippen LogP contribution in [0.4, 0.5) is 0 Å². The van der Waals surface area contributed by atoms with Gasteiger partial charge in [-0.05, 0) is 68.6 Å². The van der Waals surface area contributed by atoms with Crippen LogP contribution in [0.3, 0.4) is 0 Å². The number of nitrogens with one attached hydrogen (secondary N) is 1. The van der Waals surface area contributed by atoms with Gasteiger partial charge in [-0.15, -0.1) is 0 Å². The molecule has 7 nitrogen and oxygen atoms in total. The fourth-order valence-electron chi connectivity index (χ4n) is 4.48. The lowest BCUT2D eigenvalue weighted by molar-refractivity contribution is 0.0967. The Kier molecular flexibility index (Phi) is 6.63. The number of hydrogen-bond acceptors (Lipinski definition) is 6. The van der Waals surface area contributed by atoms with Gasteiger partial charge in [-0.1, -0.05) is 18.2 Å². The number of para-hydroxylation sites is 1. The first kappa shape index (κ1) is 23.0. The number of sulfonamides is 1. The molecule has 2 heterocycles. The maximum Gasteiger partial charge on any atom is 0.243 e. The van der Waals surface area contributed by atoms with E-state index in [2.05, 4.69) is 14.6 Å². The zero-order valence-corrected chi connectivity index (χ0v) is 19.8. The van der Waals surface area contributed by atoms with Crippen LogP contribution in [0.2, 0.25) is 0 Å². The number of benzene rings is 2. The van der Waals surface area contributed by atoms with Gasteiger partial charge in [0.05, 0.1) is 12.1 Å². The van der Waals surface area contributed by atoms with Gasteiger partial charge in [0.2, 0.25) is 10.0 Å². The molecule has 0 unspecified atom stereocenters. The van der Waals surface area contributed by atoms with Crippen molar-refractivity contribution in [3.05, 3.63) is 66.4 Å². The third kappa shape index (κ3) is 5.29. The maximum atomic E-state index is 13.0. The number of aromatic nitrogens is 1. The van der Waals surface area contributed by atoms with Gasteiger partial charge in [0.15, 0.2) is 5.78 Å². The first-order chi connectivity index (χ1) is 16.5. The highest BCUT2D eigenvalue weighted by atomic mass is 32.2. The number of fused-ring (bicyclic) bond motifs is 1. The molecule has 1 saturated carbocycles. The second-order valence-corrected chi connectivity index (χ2v) is 10.8. The van der Waals surface area contributed by atoms with Gasteiger partial charge in [0.25, 0.3) is 0 Å². The Hall–Kier alpha value is -2.81. The monoisotopic (exact) mass is 479 g/mol. The fraction of sp³-hybridized carbons (Fsp3) is 0.385. The second kappa shape index (κ2) is 9.82. The molecule has 1 aliphatic heterocycles. The molecule has 2 fully saturated rings. The fourth-order valence-corrected chi connectivity index (χ4v) is 5.92. The zero-order valence-electron chi connectivity index (χ0n) is 19.0. The van der Waals surface area contributed by atoms with Crippen LogP contribution in [0, 0.1) is 5.92 Å². The van der Waals surface area contributed by atoms with Gasteiger partial charge in [0, 0.05) is 42.2 Å². The van der Waals surface area contributed by atoms with Crippen LogP contribution in [-0.4, -0.2) is 56.4 Å². The van der Waals surface area contributed by atoms with Crippen molar-refractivity contribution in [1.29, 1.82) is 0 Å². The summed E-state index contributed by atoms with van der Waals surface area (Å²) in [4.78, 5) is 18.8. The second-order valence-electron chi connectivity index (χ2n) is 9.10. The predicted octanol–water partition coefficient (Wildman–Crippen LogP) is 3.65. The average molecular weight is 480 g/mol. The SMILES string of the molecule is O=C(c1ccc(OCCCN2CC[C@@H](NS(=O)(=O)c3cccc4cccnc34)C2)cc1)C1CC1. The minimum absolute atomic E-state index is 0.124. The molecule has 2 aliphatic rings. The van der Waals surface area contributed by atoms with Crippen molar-refractivity contribution in [1.82, 2.24) is 14.6 Å². The summed E-state index contributed by atoms with van der Waals surface area (Å²) in [6, 6.07) is 16.2. The molecular weight excluding hydrogens is 450 g/mol. The van der Waals surface area contributed by atoms with Gasteiger partial charge in [0.1, 0.15) is 10.6 Å². The van der Waals surface area contributed by atoms with E-state index in [1.807, 2.05) is 36.4 Å². The van der Waals surface area contributed by atoms with Gasteiger partial charge in [-0.3, -0.25) is 9.78 Å². The number of carbonyl (C=O) groups is 1. The molecule has 34 heavy (non-hydrogen) atoms. The Labute approximate surface area is 200 Å². The van der Waals surface area contributed by atoms with E-state index in [-0.39, 0.29) is 22.6 Å². The Morgan fingerprint density at radius 3 is 2.65 bits per heavy atom. The Morgan fingerprint density at radius 1 is 1.06 bits per heavy atom. The molecule has 0 radical (unpaired) electrons. The van der Waals surface area contributed by atoms with Crippen LogP contribution in [0.1, 0.15) is 36.0 Å². The minimum atomic E-state index is -3.65. The molecule has 2 aromatic carbocycles. The number of nitrogens with zero attached hydrogens (tertiary/aromatic N) is 2. The Bertz CT molecular complexity index is 1270. The molecule has 0 amide bonds. The van der Waals surface area contributed by atoms with Crippen LogP contribution in [0.25, 0.3) is 10.9 Å². The molecular formula is C26H29N3O4S. The molecule has 8 heteroatoms. The van der Waals surface area contributed by atoms with Crippen LogP contribution in [0.5, 0.6) is 5.75 Å². The predicted molar refractivity (Wildman–Crippen MR) is 131 cm³/mol. The highest BCUT2D eigenvalue weighted by Gasteiger charge is 2.30. The number of likely N-dealkylation sites (tertiary alicyclic amines) is 1. The van der Waals surface area contributed by atoms with Gasteiger partial charge in [-0.2, -0.15) is 0 Å². The number of ether oxygens (including phenoxy) is 1. The molecule has 0 spiro atoms. The molecule has 178 valence electrons. The molecule has 1 atom stereocenters. The number of hydrogen-bond donors (Lipinski definition) is 1. The summed E-state index contributed by atoms with van der Waals surface area (Å²) in [6.07, 6.45) is 5.25. The van der Waals surface area contributed by atoms with Crippen molar-refractivity contribution < 1.29 is 17.9 Å². The van der Waals surface area contributed by atoms with Crippen molar-refractivity contribution >= 4 is 26.7 Å². The summed E-state index contributed by atoms with van der Waals surface area (Å²) in [6.45, 7) is 2.94. The van der Waals surface area contributed by atoms with Crippen LogP contribution in [-0.2, 0) is 10.0 Å². The van der Waals surface area contributed by atoms with E-state index in [1.165, 1.54) is 0 Å². The normalized spacial score (nSPS) is 18.9. The minimum Gasteiger partial charge on any atom is -0.494 e. The van der Waals surface area contributed by atoms with E-state index in [0.717, 1.165) is 55.5 Å². The third-order valence-corrected chi connectivity index (χ3v) is 8.01. The molecule has 3 aromatic rings. The molecule has 1 saturated heterocycles. The number of pyridine rings is 1. The Morgan fingerprint density at radius 2 is 1.85 bits per heavy atom. The quantitative estimate of drug-likeness (QED) is 0.353. The van der Waals surface area contributed by atoms with Crippen molar-refractivity contribution in [2.45, 2.75) is 36.6 Å². The number of carbonyl (C=O) groups excluding carboxylic acids is 1. The number of Topliss-reactive ketones (excluding diaryl/α,β-unsaturated/α-hetero) is 1. The van der Waals surface area contributed by atoms with E-state index in [0.29, 0.717) is 18.7 Å². The molecule has 1 N–H and O–H groups in total. The number of ketones is 1. The summed E-state index contributed by atoms with van der Waals surface area (Å²) in [5.74, 6) is 1.23. The number of rotatable bonds is 10. The van der Waals surface area contributed by atoms with Gasteiger partial charge in [-0.25, -0.2) is 13.1 Å². The molecule has 1 aliphatic carbocycles. The Balaban J connectivity index is 1.08. The van der Waals surface area contributed by atoms with E-state index in [9.17, 15) is 13.2 Å². The van der Waals surface area contributed by atoms with E-state index >= 15 is 0 Å². The van der Waals surface area contributed by atoms with Crippen molar-refractivity contribution in [2.75, 3.05) is 26.2 Å². The van der Waals surface area contributed by atoms with Crippen LogP contribution >= 0.6 is 0 Å². The summed E-state index contributed by atoms with van der Waals surface area (Å²) in [5.41, 5.74) is 1.26. The van der Waals surface area contributed by atoms with Crippen molar-refractivity contribution in [2.24, 2.45) is 5.92 Å². The summed E-state index contributed by atoms with van der Waals surface area (Å²) >= 11 is 0. The van der Waals surface area contributed by atoms with Gasteiger partial charge >= 0.3 is 0 Å². The smallest absolute Gasteiger partial charge is 0.243 e. The van der Waals surface area contributed by atoms with E-state index in [4.69, 9.17) is 4.74 Å². The van der Waals surface area contributed by atoms with Gasteiger partial charge < -0.3 is 9.64 Å². The lowest BCUT2D eigenvalue weighted by Crippen LogP contribution is -2.37. The third-order valence-electron chi connectivity index (χ3n) is 6.45. The largest absolute Gasteiger partial charge is 0.494 e. The highest BCUT2D eigenvalue weighted by molar-refractivity contribution is 7.89. The highest BCUT2D eigenvalue weighted by Crippen LogP contribution is 2.33.